The zero-order valence-electron chi connectivity index (χ0n) is 12.0. The Hall–Kier alpha value is -0.750. The van der Waals surface area contributed by atoms with E-state index in [-0.39, 0.29) is 16.7 Å². The Balaban J connectivity index is 2.95. The molecule has 6 heteroatoms. The number of hydrogen-bond donors (Lipinski definition) is 2. The summed E-state index contributed by atoms with van der Waals surface area (Å²) in [6, 6.07) is -1.42. The van der Waals surface area contributed by atoms with E-state index >= 15 is 0 Å². The quantitative estimate of drug-likeness (QED) is 0.819. The summed E-state index contributed by atoms with van der Waals surface area (Å²) in [7, 11) is 0. The van der Waals surface area contributed by atoms with Crippen LogP contribution in [0, 0.1) is 5.41 Å². The second-order valence-corrected chi connectivity index (χ2v) is 7.23. The molecule has 3 N–H and O–H groups in total. The lowest BCUT2D eigenvalue weighted by molar-refractivity contribution is -0.150. The lowest BCUT2D eigenvalue weighted by Gasteiger charge is -2.34. The number of carboxylic acids is 1. The van der Waals surface area contributed by atoms with Crippen LogP contribution in [-0.4, -0.2) is 45.1 Å². The van der Waals surface area contributed by atoms with E-state index in [2.05, 4.69) is 0 Å². The number of thioether (sulfide) groups is 1. The maximum absolute atomic E-state index is 12.5. The third-order valence-corrected chi connectivity index (χ3v) is 4.72. The Bertz CT molecular complexity index is 354. The van der Waals surface area contributed by atoms with Gasteiger partial charge in [0.05, 0.1) is 11.4 Å². The number of carbonyl (C=O) groups excluding carboxylic acids is 1. The molecule has 1 heterocycles. The van der Waals surface area contributed by atoms with Crippen molar-refractivity contribution < 1.29 is 14.7 Å². The number of carboxylic acid groups (broad SMARTS) is 1. The first-order chi connectivity index (χ1) is 8.70. The number of rotatable bonds is 4. The summed E-state index contributed by atoms with van der Waals surface area (Å²) < 4.78 is 0. The predicted octanol–water partition coefficient (Wildman–Crippen LogP) is 1.51. The van der Waals surface area contributed by atoms with Gasteiger partial charge in [0.2, 0.25) is 5.91 Å². The molecule has 1 amide bonds. The SMILES string of the molecule is CCCC1SCC(C(=O)O)N1C(=O)C(N)C(C)(C)C. The van der Waals surface area contributed by atoms with E-state index in [9.17, 15) is 14.7 Å². The summed E-state index contributed by atoms with van der Waals surface area (Å²) in [6.45, 7) is 7.71. The molecule has 1 saturated heterocycles. The standard InChI is InChI=1S/C13H24N2O3S/c1-5-6-9-15(8(7-19-9)12(17)18)11(16)10(14)13(2,3)4/h8-10H,5-7,14H2,1-4H3,(H,17,18). The minimum Gasteiger partial charge on any atom is -0.480 e. The third-order valence-electron chi connectivity index (χ3n) is 3.37. The molecule has 0 aromatic rings. The first-order valence-electron chi connectivity index (χ1n) is 6.62. The summed E-state index contributed by atoms with van der Waals surface area (Å²) in [5.41, 5.74) is 5.63. The van der Waals surface area contributed by atoms with Gasteiger partial charge in [-0.2, -0.15) is 0 Å². The van der Waals surface area contributed by atoms with Crippen molar-refractivity contribution in [1.82, 2.24) is 4.90 Å². The summed E-state index contributed by atoms with van der Waals surface area (Å²) in [4.78, 5) is 25.3. The molecule has 3 atom stereocenters. The third kappa shape index (κ3) is 3.63. The van der Waals surface area contributed by atoms with E-state index in [0.717, 1.165) is 12.8 Å². The number of amides is 1. The summed E-state index contributed by atoms with van der Waals surface area (Å²) in [6.07, 6.45) is 1.72. The zero-order chi connectivity index (χ0) is 14.8. The highest BCUT2D eigenvalue weighted by Gasteiger charge is 2.44. The average molecular weight is 288 g/mol. The van der Waals surface area contributed by atoms with Crippen LogP contribution in [0.3, 0.4) is 0 Å². The van der Waals surface area contributed by atoms with Crippen molar-refractivity contribution in [2.45, 2.75) is 58.0 Å². The van der Waals surface area contributed by atoms with Gasteiger partial charge in [-0.3, -0.25) is 4.79 Å². The van der Waals surface area contributed by atoms with Gasteiger partial charge < -0.3 is 15.7 Å². The van der Waals surface area contributed by atoms with Crippen molar-refractivity contribution in [2.24, 2.45) is 11.1 Å². The van der Waals surface area contributed by atoms with Crippen LogP contribution in [0.15, 0.2) is 0 Å². The Morgan fingerprint density at radius 2 is 2.05 bits per heavy atom. The normalized spacial score (nSPS) is 25.4. The highest BCUT2D eigenvalue weighted by Crippen LogP contribution is 2.34. The topological polar surface area (TPSA) is 83.6 Å². The van der Waals surface area contributed by atoms with Gasteiger partial charge in [0, 0.05) is 5.75 Å². The molecular weight excluding hydrogens is 264 g/mol. The highest BCUT2D eigenvalue weighted by atomic mass is 32.2. The first kappa shape index (κ1) is 16.3. The monoisotopic (exact) mass is 288 g/mol. The molecule has 1 rings (SSSR count). The van der Waals surface area contributed by atoms with Gasteiger partial charge >= 0.3 is 5.97 Å². The van der Waals surface area contributed by atoms with Crippen LogP contribution in [0.1, 0.15) is 40.5 Å². The smallest absolute Gasteiger partial charge is 0.327 e. The van der Waals surface area contributed by atoms with Gasteiger partial charge in [-0.1, -0.05) is 34.1 Å². The number of aliphatic carboxylic acids is 1. The number of hydrogen-bond acceptors (Lipinski definition) is 4. The summed E-state index contributed by atoms with van der Waals surface area (Å²) >= 11 is 1.54. The molecule has 5 nitrogen and oxygen atoms in total. The molecule has 0 aliphatic carbocycles. The van der Waals surface area contributed by atoms with E-state index in [4.69, 9.17) is 5.73 Å². The number of nitrogens with two attached hydrogens (primary N) is 1. The fourth-order valence-corrected chi connectivity index (χ4v) is 3.57. The van der Waals surface area contributed by atoms with Crippen molar-refractivity contribution in [2.75, 3.05) is 5.75 Å². The van der Waals surface area contributed by atoms with E-state index in [1.807, 2.05) is 27.7 Å². The van der Waals surface area contributed by atoms with Crippen LogP contribution >= 0.6 is 11.8 Å². The number of carbonyl (C=O) groups is 2. The van der Waals surface area contributed by atoms with Crippen LogP contribution in [0.25, 0.3) is 0 Å². The second kappa shape index (κ2) is 6.13. The van der Waals surface area contributed by atoms with Crippen LogP contribution in [-0.2, 0) is 9.59 Å². The van der Waals surface area contributed by atoms with E-state index < -0.39 is 18.1 Å². The lowest BCUT2D eigenvalue weighted by Crippen LogP contribution is -2.55. The van der Waals surface area contributed by atoms with Crippen molar-refractivity contribution in [3.8, 4) is 0 Å². The molecule has 0 radical (unpaired) electrons. The van der Waals surface area contributed by atoms with Crippen LogP contribution in [0.5, 0.6) is 0 Å². The summed E-state index contributed by atoms with van der Waals surface area (Å²) in [5, 5.41) is 9.19. The lowest BCUT2D eigenvalue weighted by atomic mass is 9.86. The second-order valence-electron chi connectivity index (χ2n) is 6.02. The Morgan fingerprint density at radius 3 is 2.47 bits per heavy atom. The van der Waals surface area contributed by atoms with Gasteiger partial charge in [-0.15, -0.1) is 11.8 Å². The van der Waals surface area contributed by atoms with Gasteiger partial charge in [-0.05, 0) is 11.8 Å². The van der Waals surface area contributed by atoms with Crippen molar-refractivity contribution >= 4 is 23.6 Å². The molecule has 1 aliphatic heterocycles. The van der Waals surface area contributed by atoms with Crippen LogP contribution in [0.4, 0.5) is 0 Å². The first-order valence-corrected chi connectivity index (χ1v) is 7.67. The molecule has 0 saturated carbocycles. The fraction of sp³-hybridized carbons (Fsp3) is 0.846. The minimum atomic E-state index is -0.944. The van der Waals surface area contributed by atoms with E-state index in [1.165, 1.54) is 16.7 Å². The molecular formula is C13H24N2O3S. The Morgan fingerprint density at radius 1 is 1.47 bits per heavy atom. The largest absolute Gasteiger partial charge is 0.480 e. The van der Waals surface area contributed by atoms with E-state index in [0.29, 0.717) is 5.75 Å². The Kier molecular flexibility index (Phi) is 5.26. The van der Waals surface area contributed by atoms with Crippen molar-refractivity contribution in [1.29, 1.82) is 0 Å². The van der Waals surface area contributed by atoms with Gasteiger partial charge in [-0.25, -0.2) is 4.79 Å². The number of nitrogens with zero attached hydrogens (tertiary/aromatic N) is 1. The van der Waals surface area contributed by atoms with Crippen LogP contribution in [0.2, 0.25) is 0 Å². The maximum Gasteiger partial charge on any atom is 0.327 e. The highest BCUT2D eigenvalue weighted by molar-refractivity contribution is 8.00. The molecule has 0 aromatic carbocycles. The molecule has 19 heavy (non-hydrogen) atoms. The predicted molar refractivity (Wildman–Crippen MR) is 76.9 cm³/mol. The Labute approximate surface area is 118 Å². The maximum atomic E-state index is 12.5. The summed E-state index contributed by atoms with van der Waals surface area (Å²) in [5.74, 6) is -0.744. The van der Waals surface area contributed by atoms with Crippen molar-refractivity contribution in [3.63, 3.8) is 0 Å². The van der Waals surface area contributed by atoms with Gasteiger partial charge in [0.25, 0.3) is 0 Å². The van der Waals surface area contributed by atoms with Gasteiger partial charge in [0.15, 0.2) is 0 Å². The molecule has 110 valence electrons. The molecule has 1 aliphatic rings. The molecule has 1 fully saturated rings. The molecule has 0 bridgehead atoms. The molecule has 0 spiro atoms. The average Bonchev–Trinajstić information content (AvgIpc) is 2.70. The zero-order valence-corrected chi connectivity index (χ0v) is 12.9. The van der Waals surface area contributed by atoms with Crippen molar-refractivity contribution in [3.05, 3.63) is 0 Å². The van der Waals surface area contributed by atoms with Crippen LogP contribution < -0.4 is 5.73 Å². The minimum absolute atomic E-state index is 0.0630. The molecule has 3 unspecified atom stereocenters. The fourth-order valence-electron chi connectivity index (χ4n) is 2.05. The molecule has 0 aromatic heterocycles. The van der Waals surface area contributed by atoms with E-state index in [1.54, 1.807) is 0 Å². The van der Waals surface area contributed by atoms with Gasteiger partial charge in [0.1, 0.15) is 6.04 Å².